The third-order valence-corrected chi connectivity index (χ3v) is 3.10. The number of carbonyl (C=O) groups is 2. The smallest absolute Gasteiger partial charge is 0.321 e. The number of hydrogen-bond acceptors (Lipinski definition) is 3. The second-order valence-corrected chi connectivity index (χ2v) is 5.32. The van der Waals surface area contributed by atoms with Crippen molar-refractivity contribution in [2.45, 2.75) is 33.2 Å². The molecule has 0 aliphatic rings. The molecule has 0 heterocycles. The molecule has 0 aliphatic carbocycles. The van der Waals surface area contributed by atoms with Crippen LogP contribution in [0.3, 0.4) is 0 Å². The molecule has 0 spiro atoms. The number of rotatable bonds is 7. The van der Waals surface area contributed by atoms with E-state index in [1.165, 1.54) is 0 Å². The van der Waals surface area contributed by atoms with Crippen LogP contribution in [0.15, 0.2) is 30.3 Å². The molecule has 5 nitrogen and oxygen atoms in total. The summed E-state index contributed by atoms with van der Waals surface area (Å²) in [7, 11) is 0. The first-order valence-electron chi connectivity index (χ1n) is 7.40. The summed E-state index contributed by atoms with van der Waals surface area (Å²) < 4.78 is 0. The molecule has 0 aromatic heterocycles. The second kappa shape index (κ2) is 9.13. The molecule has 3 amide bonds. The van der Waals surface area contributed by atoms with Crippen LogP contribution in [0.25, 0.3) is 0 Å². The van der Waals surface area contributed by atoms with Crippen LogP contribution in [0.2, 0.25) is 0 Å². The molecule has 3 N–H and O–H groups in total. The normalized spacial score (nSPS) is 12.0. The predicted molar refractivity (Wildman–Crippen MR) is 83.9 cm³/mol. The zero-order valence-electron chi connectivity index (χ0n) is 13.0. The molecule has 0 saturated heterocycles. The lowest BCUT2D eigenvalue weighted by atomic mass is 9.96. The SMILES string of the molecule is CCCNC(=O)NC(=O)CN[C@H](c1ccccc1)C(C)C. The molecular weight excluding hydrogens is 266 g/mol. The predicted octanol–water partition coefficient (Wildman–Crippen LogP) is 2.21. The minimum Gasteiger partial charge on any atom is -0.338 e. The molecule has 1 atom stereocenters. The van der Waals surface area contributed by atoms with Gasteiger partial charge in [-0.25, -0.2) is 4.79 Å². The highest BCUT2D eigenvalue weighted by molar-refractivity contribution is 5.95. The van der Waals surface area contributed by atoms with Gasteiger partial charge < -0.3 is 10.6 Å². The lowest BCUT2D eigenvalue weighted by Gasteiger charge is -2.22. The van der Waals surface area contributed by atoms with E-state index in [1.54, 1.807) is 0 Å². The van der Waals surface area contributed by atoms with E-state index in [-0.39, 0.29) is 18.5 Å². The molecule has 0 fully saturated rings. The van der Waals surface area contributed by atoms with Crippen LogP contribution in [0.5, 0.6) is 0 Å². The average molecular weight is 291 g/mol. The van der Waals surface area contributed by atoms with Gasteiger partial charge in [0.15, 0.2) is 0 Å². The van der Waals surface area contributed by atoms with Crippen LogP contribution in [0.4, 0.5) is 4.79 Å². The Morgan fingerprint density at radius 1 is 1.14 bits per heavy atom. The van der Waals surface area contributed by atoms with Crippen LogP contribution in [-0.4, -0.2) is 25.0 Å². The number of benzene rings is 1. The van der Waals surface area contributed by atoms with E-state index < -0.39 is 6.03 Å². The van der Waals surface area contributed by atoms with Crippen LogP contribution in [0.1, 0.15) is 38.8 Å². The minimum absolute atomic E-state index is 0.0793. The number of urea groups is 1. The number of carbonyl (C=O) groups excluding carboxylic acids is 2. The maximum Gasteiger partial charge on any atom is 0.321 e. The van der Waals surface area contributed by atoms with Crippen molar-refractivity contribution in [1.29, 1.82) is 0 Å². The van der Waals surface area contributed by atoms with Gasteiger partial charge in [0.05, 0.1) is 6.54 Å². The van der Waals surface area contributed by atoms with E-state index in [1.807, 2.05) is 37.3 Å². The largest absolute Gasteiger partial charge is 0.338 e. The average Bonchev–Trinajstić information content (AvgIpc) is 2.46. The maximum atomic E-state index is 11.7. The molecule has 1 rings (SSSR count). The Bertz CT molecular complexity index is 446. The topological polar surface area (TPSA) is 70.2 Å². The van der Waals surface area contributed by atoms with Crippen molar-refractivity contribution in [2.75, 3.05) is 13.1 Å². The zero-order valence-corrected chi connectivity index (χ0v) is 13.0. The third kappa shape index (κ3) is 6.40. The van der Waals surface area contributed by atoms with Gasteiger partial charge in [0.2, 0.25) is 5.91 Å². The molecule has 0 bridgehead atoms. The number of nitrogens with one attached hydrogen (secondary N) is 3. The van der Waals surface area contributed by atoms with Gasteiger partial charge in [0, 0.05) is 12.6 Å². The highest BCUT2D eigenvalue weighted by Crippen LogP contribution is 2.20. The van der Waals surface area contributed by atoms with Crippen LogP contribution < -0.4 is 16.0 Å². The molecule has 0 aliphatic heterocycles. The van der Waals surface area contributed by atoms with Crippen molar-refractivity contribution >= 4 is 11.9 Å². The highest BCUT2D eigenvalue weighted by Gasteiger charge is 2.16. The van der Waals surface area contributed by atoms with Crippen molar-refractivity contribution in [2.24, 2.45) is 5.92 Å². The Morgan fingerprint density at radius 3 is 2.38 bits per heavy atom. The first kappa shape index (κ1) is 17.2. The summed E-state index contributed by atoms with van der Waals surface area (Å²) in [6.07, 6.45) is 0.837. The van der Waals surface area contributed by atoms with Gasteiger partial charge in [-0.15, -0.1) is 0 Å². The fourth-order valence-corrected chi connectivity index (χ4v) is 2.06. The Kier molecular flexibility index (Phi) is 7.46. The minimum atomic E-state index is -0.440. The van der Waals surface area contributed by atoms with E-state index in [4.69, 9.17) is 0 Å². The van der Waals surface area contributed by atoms with E-state index in [9.17, 15) is 9.59 Å². The molecule has 116 valence electrons. The Labute approximate surface area is 126 Å². The molecule has 1 aromatic rings. The van der Waals surface area contributed by atoms with Crippen molar-refractivity contribution < 1.29 is 9.59 Å². The van der Waals surface area contributed by atoms with Crippen molar-refractivity contribution in [3.8, 4) is 0 Å². The highest BCUT2D eigenvalue weighted by atomic mass is 16.2. The summed E-state index contributed by atoms with van der Waals surface area (Å²) >= 11 is 0. The summed E-state index contributed by atoms with van der Waals surface area (Å²) in [5, 5.41) is 8.12. The molecule has 21 heavy (non-hydrogen) atoms. The van der Waals surface area contributed by atoms with Crippen molar-refractivity contribution in [3.63, 3.8) is 0 Å². The van der Waals surface area contributed by atoms with Crippen molar-refractivity contribution in [1.82, 2.24) is 16.0 Å². The Balaban J connectivity index is 2.47. The van der Waals surface area contributed by atoms with E-state index in [0.717, 1.165) is 12.0 Å². The van der Waals surface area contributed by atoms with Crippen molar-refractivity contribution in [3.05, 3.63) is 35.9 Å². The van der Waals surface area contributed by atoms with Crippen LogP contribution in [-0.2, 0) is 4.79 Å². The van der Waals surface area contributed by atoms with E-state index >= 15 is 0 Å². The summed E-state index contributed by atoms with van der Waals surface area (Å²) in [5.74, 6) is 0.0132. The monoisotopic (exact) mass is 291 g/mol. The summed E-state index contributed by atoms with van der Waals surface area (Å²) in [6.45, 7) is 6.81. The standard InChI is InChI=1S/C16H25N3O2/c1-4-10-17-16(21)19-14(20)11-18-15(12(2)3)13-8-6-5-7-9-13/h5-9,12,15,18H,4,10-11H2,1-3H3,(H2,17,19,20,21)/t15-/m0/s1. The number of hydrogen-bond donors (Lipinski definition) is 3. The number of imide groups is 1. The second-order valence-electron chi connectivity index (χ2n) is 5.32. The summed E-state index contributed by atoms with van der Waals surface area (Å²) in [6, 6.07) is 9.62. The first-order chi connectivity index (χ1) is 10.0. The quantitative estimate of drug-likeness (QED) is 0.721. The van der Waals surface area contributed by atoms with E-state index in [0.29, 0.717) is 12.5 Å². The summed E-state index contributed by atoms with van der Waals surface area (Å²) in [5.41, 5.74) is 1.13. The summed E-state index contributed by atoms with van der Waals surface area (Å²) in [4.78, 5) is 23.1. The third-order valence-electron chi connectivity index (χ3n) is 3.10. The van der Waals surface area contributed by atoms with Gasteiger partial charge >= 0.3 is 6.03 Å². The fourth-order valence-electron chi connectivity index (χ4n) is 2.06. The molecule has 5 heteroatoms. The Hall–Kier alpha value is -1.88. The molecule has 0 unspecified atom stereocenters. The molecular formula is C16H25N3O2. The number of amides is 3. The lowest BCUT2D eigenvalue weighted by molar-refractivity contribution is -0.119. The van der Waals surface area contributed by atoms with Crippen LogP contribution >= 0.6 is 0 Å². The molecule has 0 saturated carbocycles. The molecule has 0 radical (unpaired) electrons. The molecule has 1 aromatic carbocycles. The first-order valence-corrected chi connectivity index (χ1v) is 7.40. The lowest BCUT2D eigenvalue weighted by Crippen LogP contribution is -2.44. The van der Waals surface area contributed by atoms with Crippen LogP contribution in [0, 0.1) is 5.92 Å². The van der Waals surface area contributed by atoms with Gasteiger partial charge in [-0.05, 0) is 17.9 Å². The van der Waals surface area contributed by atoms with E-state index in [2.05, 4.69) is 29.8 Å². The van der Waals surface area contributed by atoms with Gasteiger partial charge in [0.1, 0.15) is 0 Å². The Morgan fingerprint density at radius 2 is 1.81 bits per heavy atom. The maximum absolute atomic E-state index is 11.7. The van der Waals surface area contributed by atoms with Gasteiger partial charge in [0.25, 0.3) is 0 Å². The van der Waals surface area contributed by atoms with Gasteiger partial charge in [-0.3, -0.25) is 10.1 Å². The van der Waals surface area contributed by atoms with Gasteiger partial charge in [-0.1, -0.05) is 51.1 Å². The fraction of sp³-hybridized carbons (Fsp3) is 0.500. The zero-order chi connectivity index (χ0) is 15.7. The van der Waals surface area contributed by atoms with Gasteiger partial charge in [-0.2, -0.15) is 0 Å².